The van der Waals surface area contributed by atoms with E-state index in [0.29, 0.717) is 13.1 Å². The molecule has 1 saturated heterocycles. The Bertz CT molecular complexity index is 799. The quantitative estimate of drug-likeness (QED) is 0.846. The first-order valence-electron chi connectivity index (χ1n) is 9.34. The normalized spacial score (nSPS) is 18.6. The largest absolute Gasteiger partial charge is 0.332 e. The van der Waals surface area contributed by atoms with Crippen LogP contribution in [0.15, 0.2) is 36.5 Å². The summed E-state index contributed by atoms with van der Waals surface area (Å²) in [6.45, 7) is 5.03. The Morgan fingerprint density at radius 2 is 1.77 bits per heavy atom. The van der Waals surface area contributed by atoms with E-state index in [2.05, 4.69) is 16.0 Å². The number of pyridine rings is 1. The molecule has 1 aromatic carbocycles. The van der Waals surface area contributed by atoms with Gasteiger partial charge < -0.3 is 4.90 Å². The second kappa shape index (κ2) is 7.16. The number of carbonyl (C=O) groups is 1. The van der Waals surface area contributed by atoms with Gasteiger partial charge in [-0.1, -0.05) is 18.6 Å². The van der Waals surface area contributed by atoms with Gasteiger partial charge in [0.25, 0.3) is 0 Å². The predicted octanol–water partition coefficient (Wildman–Crippen LogP) is 3.60. The van der Waals surface area contributed by atoms with E-state index in [4.69, 9.17) is 0 Å². The van der Waals surface area contributed by atoms with E-state index < -0.39 is 0 Å². The summed E-state index contributed by atoms with van der Waals surface area (Å²) in [6.07, 6.45) is 5.30. The first-order chi connectivity index (χ1) is 12.6. The first-order valence-corrected chi connectivity index (χ1v) is 9.34. The molecule has 1 amide bonds. The smallest absolute Gasteiger partial charge is 0.245 e. The van der Waals surface area contributed by atoms with Crippen molar-refractivity contribution in [1.29, 1.82) is 0 Å². The number of halogens is 1. The van der Waals surface area contributed by atoms with Gasteiger partial charge in [0, 0.05) is 25.0 Å². The average Bonchev–Trinajstić information content (AvgIpc) is 3.07. The van der Waals surface area contributed by atoms with Crippen LogP contribution >= 0.6 is 0 Å². The third kappa shape index (κ3) is 3.36. The van der Waals surface area contributed by atoms with Crippen molar-refractivity contribution in [2.75, 3.05) is 13.1 Å². The highest BCUT2D eigenvalue weighted by molar-refractivity contribution is 5.84. The number of hydrogen-bond acceptors (Lipinski definition) is 3. The van der Waals surface area contributed by atoms with Gasteiger partial charge in [-0.3, -0.25) is 14.7 Å². The molecule has 1 atom stereocenters. The Kier molecular flexibility index (Phi) is 4.72. The number of rotatable bonds is 3. The maximum atomic E-state index is 13.5. The molecule has 0 bridgehead atoms. The van der Waals surface area contributed by atoms with Crippen LogP contribution in [0.4, 0.5) is 4.39 Å². The summed E-state index contributed by atoms with van der Waals surface area (Å²) in [5.74, 6) is -0.166. The van der Waals surface area contributed by atoms with Gasteiger partial charge in [0.05, 0.1) is 0 Å². The van der Waals surface area contributed by atoms with E-state index in [0.717, 1.165) is 42.8 Å². The highest BCUT2D eigenvalue weighted by Crippen LogP contribution is 2.31. The molecule has 1 aromatic heterocycles. The summed E-state index contributed by atoms with van der Waals surface area (Å²) in [5.41, 5.74) is 4.16. The zero-order valence-corrected chi connectivity index (χ0v) is 15.1. The number of benzene rings is 1. The lowest BCUT2D eigenvalue weighted by molar-refractivity contribution is -0.138. The summed E-state index contributed by atoms with van der Waals surface area (Å²) < 4.78 is 13.4. The summed E-state index contributed by atoms with van der Waals surface area (Å²) in [7, 11) is 0. The number of piperidine rings is 1. The Balaban J connectivity index is 1.61. The molecule has 0 spiro atoms. The van der Waals surface area contributed by atoms with Crippen molar-refractivity contribution in [1.82, 2.24) is 14.8 Å². The molecule has 136 valence electrons. The number of likely N-dealkylation sites (tertiary alicyclic amines) is 1. The minimum atomic E-state index is -0.334. The standard InChI is InChI=1S/C21H24FN3O/c1-15-11-17-13-25(14-18(17)12-23-15)21(26)20(24-9-3-2-4-10-24)16-5-7-19(22)8-6-16/h5-8,11-12,20H,2-4,9-10,13-14H2,1H3. The molecule has 2 aliphatic heterocycles. The van der Waals surface area contributed by atoms with Crippen molar-refractivity contribution in [3.8, 4) is 0 Å². The Morgan fingerprint density at radius 1 is 1.08 bits per heavy atom. The minimum Gasteiger partial charge on any atom is -0.332 e. The van der Waals surface area contributed by atoms with E-state index in [-0.39, 0.29) is 17.8 Å². The SMILES string of the molecule is Cc1cc2c(cn1)CN(C(=O)C(c1ccc(F)cc1)N1CCCCC1)C2. The van der Waals surface area contributed by atoms with Crippen LogP contribution in [0.1, 0.15) is 47.7 Å². The molecule has 2 aromatic rings. The van der Waals surface area contributed by atoms with E-state index >= 15 is 0 Å². The van der Waals surface area contributed by atoms with Crippen LogP contribution in [-0.4, -0.2) is 33.8 Å². The molecule has 1 fully saturated rings. The van der Waals surface area contributed by atoms with Gasteiger partial charge in [-0.25, -0.2) is 4.39 Å². The summed E-state index contributed by atoms with van der Waals surface area (Å²) >= 11 is 0. The lowest BCUT2D eigenvalue weighted by Crippen LogP contribution is -2.43. The van der Waals surface area contributed by atoms with Crippen molar-refractivity contribution in [3.63, 3.8) is 0 Å². The molecule has 3 heterocycles. The number of nitrogens with zero attached hydrogens (tertiary/aromatic N) is 3. The van der Waals surface area contributed by atoms with Gasteiger partial charge >= 0.3 is 0 Å². The maximum Gasteiger partial charge on any atom is 0.245 e. The second-order valence-electron chi connectivity index (χ2n) is 7.34. The molecule has 0 radical (unpaired) electrons. The van der Waals surface area contributed by atoms with Crippen molar-refractivity contribution < 1.29 is 9.18 Å². The van der Waals surface area contributed by atoms with E-state index in [1.807, 2.05) is 18.0 Å². The number of aromatic nitrogens is 1. The molecule has 0 aliphatic carbocycles. The van der Waals surface area contributed by atoms with Crippen LogP contribution in [0.5, 0.6) is 0 Å². The fourth-order valence-electron chi connectivity index (χ4n) is 4.06. The molecule has 4 nitrogen and oxygen atoms in total. The molecule has 2 aliphatic rings. The lowest BCUT2D eigenvalue weighted by Gasteiger charge is -2.36. The third-order valence-electron chi connectivity index (χ3n) is 5.43. The summed E-state index contributed by atoms with van der Waals surface area (Å²) in [4.78, 5) is 22.0. The topological polar surface area (TPSA) is 36.4 Å². The van der Waals surface area contributed by atoms with Gasteiger partial charge in [0.15, 0.2) is 0 Å². The Hall–Kier alpha value is -2.27. The zero-order chi connectivity index (χ0) is 18.1. The average molecular weight is 353 g/mol. The number of hydrogen-bond donors (Lipinski definition) is 0. The second-order valence-corrected chi connectivity index (χ2v) is 7.34. The van der Waals surface area contributed by atoms with Crippen LogP contribution in [-0.2, 0) is 17.9 Å². The molecule has 5 heteroatoms. The Morgan fingerprint density at radius 3 is 2.50 bits per heavy atom. The molecule has 1 unspecified atom stereocenters. The molecule has 0 N–H and O–H groups in total. The Labute approximate surface area is 153 Å². The van der Waals surface area contributed by atoms with Crippen LogP contribution in [0, 0.1) is 12.7 Å². The lowest BCUT2D eigenvalue weighted by atomic mass is 10.0. The maximum absolute atomic E-state index is 13.5. The van der Waals surface area contributed by atoms with Gasteiger partial charge in [-0.2, -0.15) is 0 Å². The van der Waals surface area contributed by atoms with E-state index in [1.54, 1.807) is 12.1 Å². The molecule has 26 heavy (non-hydrogen) atoms. The fourth-order valence-corrected chi connectivity index (χ4v) is 4.06. The monoisotopic (exact) mass is 353 g/mol. The molecular formula is C21H24FN3O. The van der Waals surface area contributed by atoms with Crippen molar-refractivity contribution in [2.24, 2.45) is 0 Å². The zero-order valence-electron chi connectivity index (χ0n) is 15.1. The third-order valence-corrected chi connectivity index (χ3v) is 5.43. The van der Waals surface area contributed by atoms with Crippen LogP contribution in [0.3, 0.4) is 0 Å². The van der Waals surface area contributed by atoms with Gasteiger partial charge in [0.1, 0.15) is 11.9 Å². The number of aryl methyl sites for hydroxylation is 1. The predicted molar refractivity (Wildman–Crippen MR) is 97.8 cm³/mol. The van der Waals surface area contributed by atoms with E-state index in [1.165, 1.54) is 24.1 Å². The molecular weight excluding hydrogens is 329 g/mol. The van der Waals surface area contributed by atoms with Crippen LogP contribution in [0.2, 0.25) is 0 Å². The fraction of sp³-hybridized carbons (Fsp3) is 0.429. The molecule has 4 rings (SSSR count). The van der Waals surface area contributed by atoms with Crippen LogP contribution in [0.25, 0.3) is 0 Å². The van der Waals surface area contributed by atoms with Crippen molar-refractivity contribution in [3.05, 3.63) is 64.7 Å². The van der Waals surface area contributed by atoms with Crippen molar-refractivity contribution >= 4 is 5.91 Å². The molecule has 0 saturated carbocycles. The highest BCUT2D eigenvalue weighted by Gasteiger charge is 2.34. The van der Waals surface area contributed by atoms with Gasteiger partial charge in [0.2, 0.25) is 5.91 Å². The number of carbonyl (C=O) groups excluding carboxylic acids is 1. The number of amides is 1. The van der Waals surface area contributed by atoms with Crippen molar-refractivity contribution in [2.45, 2.75) is 45.3 Å². The highest BCUT2D eigenvalue weighted by atomic mass is 19.1. The van der Waals surface area contributed by atoms with Gasteiger partial charge in [-0.15, -0.1) is 0 Å². The summed E-state index contributed by atoms with van der Waals surface area (Å²) in [6, 6.07) is 8.13. The minimum absolute atomic E-state index is 0.104. The number of fused-ring (bicyclic) bond motifs is 1. The summed E-state index contributed by atoms with van der Waals surface area (Å²) in [5, 5.41) is 0. The van der Waals surface area contributed by atoms with E-state index in [9.17, 15) is 9.18 Å². The first kappa shape index (κ1) is 17.2. The van der Waals surface area contributed by atoms with Gasteiger partial charge in [-0.05, 0) is 67.7 Å². The van der Waals surface area contributed by atoms with Crippen LogP contribution < -0.4 is 0 Å².